The van der Waals surface area contributed by atoms with E-state index in [-0.39, 0.29) is 0 Å². The molecule has 0 bridgehead atoms. The zero-order chi connectivity index (χ0) is 11.6. The molecule has 88 valence electrons. The zero-order valence-electron chi connectivity index (χ0n) is 9.77. The lowest BCUT2D eigenvalue weighted by Crippen LogP contribution is -2.33. The Hall–Kier alpha value is -1.06. The summed E-state index contributed by atoms with van der Waals surface area (Å²) in [6.07, 6.45) is 2.13. The number of methoxy groups -OCH3 is 2. The number of hydrogen-bond acceptors (Lipinski definition) is 3. The van der Waals surface area contributed by atoms with E-state index in [2.05, 4.69) is 0 Å². The van der Waals surface area contributed by atoms with Gasteiger partial charge in [-0.25, -0.2) is 0 Å². The standard InChI is InChI=1S/C13H18O3/c1-15-9-13(14,10-6-7-10)11-4-3-5-12(8-11)16-2/h3-5,8,10,14H,6-7,9H2,1-2H3. The van der Waals surface area contributed by atoms with Crippen molar-refractivity contribution in [3.8, 4) is 5.75 Å². The smallest absolute Gasteiger partial charge is 0.119 e. The average Bonchev–Trinajstić information content (AvgIpc) is 3.13. The van der Waals surface area contributed by atoms with Crippen molar-refractivity contribution < 1.29 is 14.6 Å². The van der Waals surface area contributed by atoms with Crippen molar-refractivity contribution in [2.24, 2.45) is 5.92 Å². The molecule has 0 amide bonds. The summed E-state index contributed by atoms with van der Waals surface area (Å²) in [4.78, 5) is 0. The minimum atomic E-state index is -0.858. The van der Waals surface area contributed by atoms with Crippen molar-refractivity contribution in [1.29, 1.82) is 0 Å². The largest absolute Gasteiger partial charge is 0.497 e. The molecule has 1 unspecified atom stereocenters. The molecule has 2 rings (SSSR count). The molecule has 3 nitrogen and oxygen atoms in total. The SMILES string of the molecule is COCC(O)(c1cccc(OC)c1)C1CC1. The van der Waals surface area contributed by atoms with Gasteiger partial charge in [-0.15, -0.1) is 0 Å². The molecule has 1 aromatic carbocycles. The number of hydrogen-bond donors (Lipinski definition) is 1. The van der Waals surface area contributed by atoms with Gasteiger partial charge in [0.25, 0.3) is 0 Å². The first-order chi connectivity index (χ1) is 7.70. The molecule has 1 N–H and O–H groups in total. The molecule has 0 radical (unpaired) electrons. The van der Waals surface area contributed by atoms with E-state index in [1.54, 1.807) is 14.2 Å². The first kappa shape index (κ1) is 11.4. The normalized spacial score (nSPS) is 19.2. The van der Waals surface area contributed by atoms with E-state index < -0.39 is 5.60 Å². The van der Waals surface area contributed by atoms with Crippen molar-refractivity contribution in [2.45, 2.75) is 18.4 Å². The Morgan fingerprint density at radius 1 is 1.38 bits per heavy atom. The number of aliphatic hydroxyl groups is 1. The van der Waals surface area contributed by atoms with Crippen LogP contribution in [0.1, 0.15) is 18.4 Å². The molecule has 0 aromatic heterocycles. The lowest BCUT2D eigenvalue weighted by atomic mass is 9.89. The summed E-state index contributed by atoms with van der Waals surface area (Å²) in [5.41, 5.74) is 0.0275. The summed E-state index contributed by atoms with van der Waals surface area (Å²) in [7, 11) is 3.25. The Labute approximate surface area is 96.0 Å². The molecule has 1 aliphatic carbocycles. The van der Waals surface area contributed by atoms with Gasteiger partial charge in [-0.2, -0.15) is 0 Å². The lowest BCUT2D eigenvalue weighted by molar-refractivity contribution is -0.0533. The predicted molar refractivity (Wildman–Crippen MR) is 61.5 cm³/mol. The van der Waals surface area contributed by atoms with Crippen molar-refractivity contribution in [3.63, 3.8) is 0 Å². The second kappa shape index (κ2) is 4.44. The topological polar surface area (TPSA) is 38.7 Å². The zero-order valence-corrected chi connectivity index (χ0v) is 9.77. The fraction of sp³-hybridized carbons (Fsp3) is 0.538. The summed E-state index contributed by atoms with van der Waals surface area (Å²) in [6.45, 7) is 0.338. The van der Waals surface area contributed by atoms with Gasteiger partial charge < -0.3 is 14.6 Å². The molecule has 0 saturated heterocycles. The van der Waals surface area contributed by atoms with E-state index in [0.717, 1.165) is 24.2 Å². The predicted octanol–water partition coefficient (Wildman–Crippen LogP) is 1.94. The van der Waals surface area contributed by atoms with Gasteiger partial charge >= 0.3 is 0 Å². The van der Waals surface area contributed by atoms with Crippen LogP contribution < -0.4 is 4.74 Å². The summed E-state index contributed by atoms with van der Waals surface area (Å²) in [5.74, 6) is 1.09. The Morgan fingerprint density at radius 2 is 2.12 bits per heavy atom. The average molecular weight is 222 g/mol. The van der Waals surface area contributed by atoms with Gasteiger partial charge in [0.2, 0.25) is 0 Å². The van der Waals surface area contributed by atoms with Gasteiger partial charge in [0, 0.05) is 7.11 Å². The molecule has 1 aliphatic rings. The van der Waals surface area contributed by atoms with Crippen molar-refractivity contribution in [2.75, 3.05) is 20.8 Å². The van der Waals surface area contributed by atoms with E-state index in [9.17, 15) is 5.11 Å². The third kappa shape index (κ3) is 2.06. The third-order valence-electron chi connectivity index (χ3n) is 3.19. The van der Waals surface area contributed by atoms with Crippen LogP contribution in [0.4, 0.5) is 0 Å². The van der Waals surface area contributed by atoms with Crippen LogP contribution in [-0.2, 0) is 10.3 Å². The van der Waals surface area contributed by atoms with Gasteiger partial charge in [0.1, 0.15) is 11.4 Å². The minimum absolute atomic E-state index is 0.319. The van der Waals surface area contributed by atoms with Crippen molar-refractivity contribution in [3.05, 3.63) is 29.8 Å². The van der Waals surface area contributed by atoms with Gasteiger partial charge in [-0.1, -0.05) is 12.1 Å². The molecule has 0 aliphatic heterocycles. The van der Waals surface area contributed by atoms with Crippen LogP contribution in [0.15, 0.2) is 24.3 Å². The number of ether oxygens (including phenoxy) is 2. The van der Waals surface area contributed by atoms with Crippen molar-refractivity contribution in [1.82, 2.24) is 0 Å². The van der Waals surface area contributed by atoms with E-state index in [1.807, 2.05) is 24.3 Å². The van der Waals surface area contributed by atoms with E-state index >= 15 is 0 Å². The Balaban J connectivity index is 2.30. The second-order valence-corrected chi connectivity index (χ2v) is 4.36. The Bertz CT molecular complexity index is 360. The van der Waals surface area contributed by atoms with Crippen LogP contribution in [0, 0.1) is 5.92 Å². The van der Waals surface area contributed by atoms with Crippen LogP contribution >= 0.6 is 0 Å². The first-order valence-electron chi connectivity index (χ1n) is 5.56. The minimum Gasteiger partial charge on any atom is -0.497 e. The first-order valence-corrected chi connectivity index (χ1v) is 5.56. The third-order valence-corrected chi connectivity index (χ3v) is 3.19. The molecule has 0 spiro atoms. The highest BCUT2D eigenvalue weighted by Crippen LogP contribution is 2.46. The van der Waals surface area contributed by atoms with Crippen LogP contribution in [0.2, 0.25) is 0 Å². The van der Waals surface area contributed by atoms with E-state index in [1.165, 1.54) is 0 Å². The summed E-state index contributed by atoms with van der Waals surface area (Å²) in [6, 6.07) is 7.60. The maximum atomic E-state index is 10.7. The molecule has 16 heavy (non-hydrogen) atoms. The summed E-state index contributed by atoms with van der Waals surface area (Å²) in [5, 5.41) is 10.7. The van der Waals surface area contributed by atoms with Gasteiger partial charge in [0.15, 0.2) is 0 Å². The highest BCUT2D eigenvalue weighted by Gasteiger charge is 2.45. The monoisotopic (exact) mass is 222 g/mol. The van der Waals surface area contributed by atoms with Gasteiger partial charge in [0.05, 0.1) is 13.7 Å². The lowest BCUT2D eigenvalue weighted by Gasteiger charge is -2.28. The molecular weight excluding hydrogens is 204 g/mol. The highest BCUT2D eigenvalue weighted by molar-refractivity contribution is 5.33. The maximum absolute atomic E-state index is 10.7. The summed E-state index contributed by atoms with van der Waals surface area (Å²) >= 11 is 0. The van der Waals surface area contributed by atoms with Crippen LogP contribution in [0.3, 0.4) is 0 Å². The van der Waals surface area contributed by atoms with Crippen molar-refractivity contribution >= 4 is 0 Å². The molecule has 3 heteroatoms. The summed E-state index contributed by atoms with van der Waals surface area (Å²) < 4.78 is 10.3. The fourth-order valence-corrected chi connectivity index (χ4v) is 2.11. The number of benzene rings is 1. The van der Waals surface area contributed by atoms with E-state index in [4.69, 9.17) is 9.47 Å². The van der Waals surface area contributed by atoms with Crippen LogP contribution in [0.25, 0.3) is 0 Å². The maximum Gasteiger partial charge on any atom is 0.119 e. The number of rotatable bonds is 5. The molecule has 1 fully saturated rings. The second-order valence-electron chi connectivity index (χ2n) is 4.36. The Morgan fingerprint density at radius 3 is 2.69 bits per heavy atom. The molecule has 1 atom stereocenters. The molecule has 0 heterocycles. The van der Waals surface area contributed by atoms with E-state index in [0.29, 0.717) is 12.5 Å². The van der Waals surface area contributed by atoms with Crippen LogP contribution in [-0.4, -0.2) is 25.9 Å². The van der Waals surface area contributed by atoms with Gasteiger partial charge in [-0.3, -0.25) is 0 Å². The Kier molecular flexibility index (Phi) is 3.17. The fourth-order valence-electron chi connectivity index (χ4n) is 2.11. The molecule has 1 aromatic rings. The van der Waals surface area contributed by atoms with Gasteiger partial charge in [-0.05, 0) is 36.5 Å². The molecular formula is C13H18O3. The quantitative estimate of drug-likeness (QED) is 0.827. The van der Waals surface area contributed by atoms with Crippen LogP contribution in [0.5, 0.6) is 5.75 Å². The molecule has 1 saturated carbocycles. The highest BCUT2D eigenvalue weighted by atomic mass is 16.5.